The number of hydrogen-bond donors (Lipinski definition) is 2. The molecule has 3 heterocycles. The molecule has 0 aliphatic rings. The zero-order chi connectivity index (χ0) is 24.1. The smallest absolute Gasteiger partial charge is 0.264 e. The van der Waals surface area contributed by atoms with Crippen LogP contribution in [0.1, 0.15) is 13.8 Å². The Hall–Kier alpha value is -3.71. The molecule has 1 aromatic carbocycles. The standard InChI is InChI=1S/C21H21N7O4S2/c1-3-28-18(17-6-4-13-32-17)25-26-21(28)33-14(2)19(29)24-15-7-9-16(10-8-15)34(30,31)27-20-22-11-5-12-23-20/h4-14H,3H2,1-2H3,(H,24,29)(H,22,23,27)/t14-/m1/s1. The van der Waals surface area contributed by atoms with Crippen molar-refractivity contribution in [2.75, 3.05) is 10.0 Å². The Morgan fingerprint density at radius 3 is 2.50 bits per heavy atom. The van der Waals surface area contributed by atoms with Crippen LogP contribution in [0.15, 0.2) is 75.6 Å². The molecule has 1 amide bonds. The summed E-state index contributed by atoms with van der Waals surface area (Å²) in [6.45, 7) is 4.32. The zero-order valence-electron chi connectivity index (χ0n) is 18.2. The van der Waals surface area contributed by atoms with Crippen LogP contribution < -0.4 is 10.0 Å². The Bertz CT molecular complexity index is 1360. The molecule has 0 unspecified atom stereocenters. The lowest BCUT2D eigenvalue weighted by molar-refractivity contribution is -0.115. The van der Waals surface area contributed by atoms with E-state index in [1.807, 2.05) is 11.5 Å². The van der Waals surface area contributed by atoms with Crippen molar-refractivity contribution in [1.82, 2.24) is 24.7 Å². The number of amides is 1. The summed E-state index contributed by atoms with van der Waals surface area (Å²) in [4.78, 5) is 20.4. The van der Waals surface area contributed by atoms with E-state index in [-0.39, 0.29) is 16.8 Å². The molecule has 0 bridgehead atoms. The lowest BCUT2D eigenvalue weighted by Gasteiger charge is -2.13. The number of carbonyl (C=O) groups is 1. The van der Waals surface area contributed by atoms with E-state index in [1.165, 1.54) is 48.4 Å². The molecule has 0 fully saturated rings. The maximum absolute atomic E-state index is 12.7. The second kappa shape index (κ2) is 10.1. The molecule has 3 aromatic heterocycles. The Kier molecular flexibility index (Phi) is 6.93. The minimum atomic E-state index is -3.86. The summed E-state index contributed by atoms with van der Waals surface area (Å²) in [5.74, 6) is 0.901. The lowest BCUT2D eigenvalue weighted by atomic mass is 10.3. The first-order valence-corrected chi connectivity index (χ1v) is 12.6. The molecule has 1 atom stereocenters. The van der Waals surface area contributed by atoms with Gasteiger partial charge in [-0.2, -0.15) is 0 Å². The Balaban J connectivity index is 1.40. The molecule has 0 aliphatic heterocycles. The van der Waals surface area contributed by atoms with Crippen molar-refractivity contribution in [2.45, 2.75) is 35.7 Å². The van der Waals surface area contributed by atoms with E-state index in [4.69, 9.17) is 4.42 Å². The number of thioether (sulfide) groups is 1. The van der Waals surface area contributed by atoms with E-state index in [0.717, 1.165) is 0 Å². The molecule has 2 N–H and O–H groups in total. The average Bonchev–Trinajstić information content (AvgIpc) is 3.49. The highest BCUT2D eigenvalue weighted by atomic mass is 32.2. The van der Waals surface area contributed by atoms with Crippen molar-refractivity contribution in [3.8, 4) is 11.6 Å². The summed E-state index contributed by atoms with van der Waals surface area (Å²) in [6, 6.07) is 11.0. The number of benzene rings is 1. The van der Waals surface area contributed by atoms with Crippen LogP contribution in [0, 0.1) is 0 Å². The molecule has 11 nitrogen and oxygen atoms in total. The molecule has 13 heteroatoms. The van der Waals surface area contributed by atoms with Crippen LogP contribution in [0.4, 0.5) is 11.6 Å². The number of anilines is 2. The molecule has 0 radical (unpaired) electrons. The van der Waals surface area contributed by atoms with E-state index in [0.29, 0.717) is 29.0 Å². The van der Waals surface area contributed by atoms with Crippen LogP contribution in [0.2, 0.25) is 0 Å². The average molecular weight is 500 g/mol. The predicted octanol–water partition coefficient (Wildman–Crippen LogP) is 3.27. The van der Waals surface area contributed by atoms with E-state index in [2.05, 4.69) is 30.2 Å². The van der Waals surface area contributed by atoms with Gasteiger partial charge < -0.3 is 9.73 Å². The number of nitrogens with zero attached hydrogens (tertiary/aromatic N) is 5. The van der Waals surface area contributed by atoms with Crippen LogP contribution in [-0.4, -0.2) is 44.3 Å². The van der Waals surface area contributed by atoms with Crippen LogP contribution in [-0.2, 0) is 21.4 Å². The molecule has 0 spiro atoms. The van der Waals surface area contributed by atoms with E-state index >= 15 is 0 Å². The summed E-state index contributed by atoms with van der Waals surface area (Å²) in [7, 11) is -3.86. The third-order valence-corrected chi connectivity index (χ3v) is 7.07. The Morgan fingerprint density at radius 2 is 1.85 bits per heavy atom. The monoisotopic (exact) mass is 499 g/mol. The summed E-state index contributed by atoms with van der Waals surface area (Å²) in [6.07, 6.45) is 4.43. The maximum Gasteiger partial charge on any atom is 0.264 e. The fourth-order valence-corrected chi connectivity index (χ4v) is 4.82. The lowest BCUT2D eigenvalue weighted by Crippen LogP contribution is -2.23. The number of aromatic nitrogens is 5. The van der Waals surface area contributed by atoms with Crippen molar-refractivity contribution in [3.63, 3.8) is 0 Å². The summed E-state index contributed by atoms with van der Waals surface area (Å²) < 4.78 is 34.6. The number of furan rings is 1. The quantitative estimate of drug-likeness (QED) is 0.331. The number of carbonyl (C=O) groups excluding carboxylic acids is 1. The topological polar surface area (TPSA) is 145 Å². The number of hydrogen-bond acceptors (Lipinski definition) is 9. The van der Waals surface area contributed by atoms with Crippen LogP contribution in [0.5, 0.6) is 0 Å². The third-order valence-electron chi connectivity index (χ3n) is 4.65. The highest BCUT2D eigenvalue weighted by molar-refractivity contribution is 8.00. The highest BCUT2D eigenvalue weighted by Crippen LogP contribution is 2.27. The van der Waals surface area contributed by atoms with E-state index < -0.39 is 15.3 Å². The van der Waals surface area contributed by atoms with Gasteiger partial charge in [-0.3, -0.25) is 9.36 Å². The number of sulfonamides is 1. The molecule has 176 valence electrons. The molecule has 0 saturated heterocycles. The zero-order valence-corrected chi connectivity index (χ0v) is 19.9. The van der Waals surface area contributed by atoms with Crippen molar-refractivity contribution < 1.29 is 17.6 Å². The predicted molar refractivity (Wildman–Crippen MR) is 127 cm³/mol. The SMILES string of the molecule is CCn1c(S[C@H](C)C(=O)Nc2ccc(S(=O)(=O)Nc3ncccn3)cc2)nnc1-c1ccco1. The van der Waals surface area contributed by atoms with Gasteiger partial charge in [-0.15, -0.1) is 10.2 Å². The first-order chi connectivity index (χ1) is 16.4. The molecule has 0 saturated carbocycles. The minimum Gasteiger partial charge on any atom is -0.461 e. The molecule has 4 aromatic rings. The maximum atomic E-state index is 12.7. The van der Waals surface area contributed by atoms with Gasteiger partial charge in [0.2, 0.25) is 11.9 Å². The van der Waals surface area contributed by atoms with Crippen LogP contribution in [0.3, 0.4) is 0 Å². The van der Waals surface area contributed by atoms with Gasteiger partial charge in [0.25, 0.3) is 10.0 Å². The normalized spacial score (nSPS) is 12.3. The fourth-order valence-electron chi connectivity index (χ4n) is 2.95. The van der Waals surface area contributed by atoms with Gasteiger partial charge in [0.15, 0.2) is 16.7 Å². The van der Waals surface area contributed by atoms with Gasteiger partial charge in [0.1, 0.15) is 0 Å². The molecule has 0 aliphatic carbocycles. The van der Waals surface area contributed by atoms with Gasteiger partial charge in [-0.25, -0.2) is 23.1 Å². The van der Waals surface area contributed by atoms with Gasteiger partial charge in [0.05, 0.1) is 16.4 Å². The molecule has 4 rings (SSSR count). The van der Waals surface area contributed by atoms with Crippen molar-refractivity contribution in [3.05, 3.63) is 61.1 Å². The van der Waals surface area contributed by atoms with Crippen molar-refractivity contribution >= 4 is 39.3 Å². The van der Waals surface area contributed by atoms with Gasteiger partial charge in [-0.05, 0) is 56.3 Å². The fraction of sp³-hybridized carbons (Fsp3) is 0.190. The Labute approximate surface area is 200 Å². The number of nitrogens with one attached hydrogen (secondary N) is 2. The summed E-state index contributed by atoms with van der Waals surface area (Å²) in [5.41, 5.74) is 0.459. The van der Waals surface area contributed by atoms with E-state index in [1.54, 1.807) is 31.4 Å². The van der Waals surface area contributed by atoms with Crippen LogP contribution in [0.25, 0.3) is 11.6 Å². The Morgan fingerprint density at radius 1 is 1.12 bits per heavy atom. The summed E-state index contributed by atoms with van der Waals surface area (Å²) in [5, 5.41) is 11.3. The number of rotatable bonds is 9. The third kappa shape index (κ3) is 5.26. The van der Waals surface area contributed by atoms with Gasteiger partial charge in [0, 0.05) is 24.6 Å². The largest absolute Gasteiger partial charge is 0.461 e. The van der Waals surface area contributed by atoms with Crippen molar-refractivity contribution in [2.24, 2.45) is 0 Å². The minimum absolute atomic E-state index is 0.0156. The molecule has 34 heavy (non-hydrogen) atoms. The molecular formula is C21H21N7O4S2. The summed E-state index contributed by atoms with van der Waals surface area (Å²) >= 11 is 1.26. The second-order valence-corrected chi connectivity index (χ2v) is 9.97. The molecular weight excluding hydrogens is 478 g/mol. The van der Waals surface area contributed by atoms with Gasteiger partial charge in [-0.1, -0.05) is 11.8 Å². The highest BCUT2D eigenvalue weighted by Gasteiger charge is 2.22. The van der Waals surface area contributed by atoms with Crippen LogP contribution >= 0.6 is 11.8 Å². The van der Waals surface area contributed by atoms with Gasteiger partial charge >= 0.3 is 0 Å². The first kappa shape index (κ1) is 23.4. The first-order valence-electron chi connectivity index (χ1n) is 10.2. The second-order valence-electron chi connectivity index (χ2n) is 6.98. The van der Waals surface area contributed by atoms with Crippen molar-refractivity contribution in [1.29, 1.82) is 0 Å². The van der Waals surface area contributed by atoms with E-state index in [9.17, 15) is 13.2 Å².